The number of benzene rings is 3. The minimum absolute atomic E-state index is 0.0959. The van der Waals surface area contributed by atoms with Gasteiger partial charge in [0.2, 0.25) is 11.8 Å². The highest BCUT2D eigenvalue weighted by atomic mass is 16.5. The number of carbonyl (C=O) groups excluding carboxylic acids is 2. The van der Waals surface area contributed by atoms with E-state index in [1.807, 2.05) is 54.6 Å². The molecule has 6 nitrogen and oxygen atoms in total. The van der Waals surface area contributed by atoms with Crippen molar-refractivity contribution in [1.82, 2.24) is 0 Å². The zero-order valence-corrected chi connectivity index (χ0v) is 16.1. The molecule has 0 unspecified atom stereocenters. The first-order chi connectivity index (χ1) is 14.1. The summed E-state index contributed by atoms with van der Waals surface area (Å²) in [7, 11) is 0. The predicted molar refractivity (Wildman–Crippen MR) is 115 cm³/mol. The van der Waals surface area contributed by atoms with Crippen LogP contribution in [0.4, 0.5) is 17.1 Å². The third kappa shape index (κ3) is 6.70. The number of nitrogens with one attached hydrogen (secondary N) is 3. The fraction of sp³-hybridized carbons (Fsp3) is 0.130. The first-order valence-corrected chi connectivity index (χ1v) is 9.27. The molecule has 0 aliphatic heterocycles. The minimum Gasteiger partial charge on any atom is -0.489 e. The second kappa shape index (κ2) is 9.94. The maximum absolute atomic E-state index is 12.3. The quantitative estimate of drug-likeness (QED) is 0.537. The largest absolute Gasteiger partial charge is 0.489 e. The van der Waals surface area contributed by atoms with Crippen molar-refractivity contribution < 1.29 is 14.3 Å². The van der Waals surface area contributed by atoms with E-state index in [4.69, 9.17) is 4.74 Å². The van der Waals surface area contributed by atoms with Crippen molar-refractivity contribution in [2.24, 2.45) is 0 Å². The van der Waals surface area contributed by atoms with Gasteiger partial charge < -0.3 is 20.7 Å². The molecule has 0 aliphatic rings. The highest BCUT2D eigenvalue weighted by Gasteiger charge is 2.05. The second-order valence-corrected chi connectivity index (χ2v) is 6.47. The fourth-order valence-corrected chi connectivity index (χ4v) is 2.70. The van der Waals surface area contributed by atoms with Crippen molar-refractivity contribution in [3.63, 3.8) is 0 Å². The van der Waals surface area contributed by atoms with E-state index < -0.39 is 0 Å². The van der Waals surface area contributed by atoms with Crippen LogP contribution in [-0.2, 0) is 16.2 Å². The summed E-state index contributed by atoms with van der Waals surface area (Å²) in [5.74, 6) is 0.354. The van der Waals surface area contributed by atoms with Crippen molar-refractivity contribution >= 4 is 28.9 Å². The van der Waals surface area contributed by atoms with Crippen LogP contribution in [0.25, 0.3) is 0 Å². The summed E-state index contributed by atoms with van der Waals surface area (Å²) in [5, 5.41) is 8.60. The van der Waals surface area contributed by atoms with Gasteiger partial charge in [-0.3, -0.25) is 9.59 Å². The average Bonchev–Trinajstić information content (AvgIpc) is 2.72. The maximum Gasteiger partial charge on any atom is 0.243 e. The Balaban J connectivity index is 1.51. The Kier molecular flexibility index (Phi) is 6.84. The summed E-state index contributed by atoms with van der Waals surface area (Å²) < 4.78 is 5.79. The van der Waals surface area contributed by atoms with Gasteiger partial charge in [0.15, 0.2) is 0 Å². The molecule has 0 spiro atoms. The van der Waals surface area contributed by atoms with Gasteiger partial charge in [-0.15, -0.1) is 0 Å². The molecule has 0 heterocycles. The molecule has 3 N–H and O–H groups in total. The highest BCUT2D eigenvalue weighted by Crippen LogP contribution is 2.19. The number of carbonyl (C=O) groups is 2. The molecule has 29 heavy (non-hydrogen) atoms. The molecule has 3 aromatic rings. The predicted octanol–water partition coefficient (Wildman–Crippen LogP) is 4.27. The molecule has 3 aromatic carbocycles. The van der Waals surface area contributed by atoms with Gasteiger partial charge in [0.25, 0.3) is 0 Å². The Morgan fingerprint density at radius 2 is 1.48 bits per heavy atom. The fourth-order valence-electron chi connectivity index (χ4n) is 2.70. The number of hydrogen-bond donors (Lipinski definition) is 3. The molecule has 0 atom stereocenters. The molecule has 0 aliphatic carbocycles. The molecule has 0 fully saturated rings. The van der Waals surface area contributed by atoms with Gasteiger partial charge >= 0.3 is 0 Å². The van der Waals surface area contributed by atoms with Crippen molar-refractivity contribution in [2.75, 3.05) is 22.5 Å². The van der Waals surface area contributed by atoms with Crippen molar-refractivity contribution in [2.45, 2.75) is 13.5 Å². The van der Waals surface area contributed by atoms with E-state index in [0.29, 0.717) is 23.7 Å². The molecule has 0 saturated heterocycles. The summed E-state index contributed by atoms with van der Waals surface area (Å²) >= 11 is 0. The van der Waals surface area contributed by atoms with Crippen LogP contribution in [0.3, 0.4) is 0 Å². The van der Waals surface area contributed by atoms with E-state index in [1.54, 1.807) is 24.3 Å². The Hall–Kier alpha value is -3.80. The van der Waals surface area contributed by atoms with Gasteiger partial charge in [-0.05, 0) is 35.9 Å². The lowest BCUT2D eigenvalue weighted by Gasteiger charge is -2.11. The van der Waals surface area contributed by atoms with Gasteiger partial charge in [0.1, 0.15) is 12.4 Å². The van der Waals surface area contributed by atoms with Crippen LogP contribution in [0.15, 0.2) is 78.9 Å². The van der Waals surface area contributed by atoms with Gasteiger partial charge in [-0.1, -0.05) is 42.5 Å². The van der Waals surface area contributed by atoms with Crippen molar-refractivity contribution in [3.8, 4) is 5.75 Å². The van der Waals surface area contributed by atoms with E-state index >= 15 is 0 Å². The molecule has 0 bridgehead atoms. The van der Waals surface area contributed by atoms with Crippen LogP contribution in [0.1, 0.15) is 12.5 Å². The summed E-state index contributed by atoms with van der Waals surface area (Å²) in [5.41, 5.74) is 3.15. The van der Waals surface area contributed by atoms with E-state index in [2.05, 4.69) is 16.0 Å². The lowest BCUT2D eigenvalue weighted by atomic mass is 10.2. The van der Waals surface area contributed by atoms with Crippen LogP contribution in [0.5, 0.6) is 5.75 Å². The molecule has 0 radical (unpaired) electrons. The van der Waals surface area contributed by atoms with Crippen molar-refractivity contribution in [1.29, 1.82) is 0 Å². The summed E-state index contributed by atoms with van der Waals surface area (Å²) in [4.78, 5) is 23.4. The Morgan fingerprint density at radius 3 is 2.24 bits per heavy atom. The first-order valence-electron chi connectivity index (χ1n) is 9.27. The minimum atomic E-state index is -0.185. The maximum atomic E-state index is 12.3. The third-order valence-electron chi connectivity index (χ3n) is 4.00. The normalized spacial score (nSPS) is 10.1. The van der Waals surface area contributed by atoms with E-state index in [9.17, 15) is 9.59 Å². The Bertz CT molecular complexity index is 974. The molecule has 3 rings (SSSR count). The monoisotopic (exact) mass is 389 g/mol. The van der Waals surface area contributed by atoms with Crippen LogP contribution >= 0.6 is 0 Å². The van der Waals surface area contributed by atoms with Gasteiger partial charge in [-0.2, -0.15) is 0 Å². The van der Waals surface area contributed by atoms with Crippen molar-refractivity contribution in [3.05, 3.63) is 84.4 Å². The van der Waals surface area contributed by atoms with E-state index in [0.717, 1.165) is 11.3 Å². The molecule has 148 valence electrons. The van der Waals surface area contributed by atoms with Crippen LogP contribution < -0.4 is 20.7 Å². The summed E-state index contributed by atoms with van der Waals surface area (Å²) in [6, 6.07) is 24.4. The van der Waals surface area contributed by atoms with Gasteiger partial charge in [0.05, 0.1) is 6.54 Å². The lowest BCUT2D eigenvalue weighted by molar-refractivity contribution is -0.115. The average molecular weight is 389 g/mol. The molecule has 6 heteroatoms. The second-order valence-electron chi connectivity index (χ2n) is 6.47. The standard InChI is InChI=1S/C23H23N3O3/c1-17(27)25-20-10-5-9-19(13-20)24-15-23(28)26-21-11-6-12-22(14-21)29-16-18-7-3-2-4-8-18/h2-14,24H,15-16H2,1H3,(H,25,27)(H,26,28). The highest BCUT2D eigenvalue weighted by molar-refractivity contribution is 5.94. The molecular formula is C23H23N3O3. The van der Waals surface area contributed by atoms with Crippen LogP contribution in [-0.4, -0.2) is 18.4 Å². The molecule has 0 aromatic heterocycles. The number of hydrogen-bond acceptors (Lipinski definition) is 4. The van der Waals surface area contributed by atoms with Crippen LogP contribution in [0, 0.1) is 0 Å². The van der Waals surface area contributed by atoms with Gasteiger partial charge in [0, 0.05) is 30.1 Å². The van der Waals surface area contributed by atoms with E-state index in [-0.39, 0.29) is 18.4 Å². The van der Waals surface area contributed by atoms with Gasteiger partial charge in [-0.25, -0.2) is 0 Å². The Labute approximate surface area is 169 Å². The molecule has 2 amide bonds. The zero-order valence-electron chi connectivity index (χ0n) is 16.1. The molecule has 0 saturated carbocycles. The first kappa shape index (κ1) is 19.9. The third-order valence-corrected chi connectivity index (χ3v) is 4.00. The number of rotatable bonds is 8. The topological polar surface area (TPSA) is 79.5 Å². The summed E-state index contributed by atoms with van der Waals surface area (Å²) in [6.07, 6.45) is 0. The smallest absolute Gasteiger partial charge is 0.243 e. The van der Waals surface area contributed by atoms with Crippen LogP contribution in [0.2, 0.25) is 0 Å². The lowest BCUT2D eigenvalue weighted by Crippen LogP contribution is -2.21. The summed E-state index contributed by atoms with van der Waals surface area (Å²) in [6.45, 7) is 2.01. The van der Waals surface area contributed by atoms with E-state index in [1.165, 1.54) is 6.92 Å². The Morgan fingerprint density at radius 1 is 0.793 bits per heavy atom. The zero-order chi connectivity index (χ0) is 20.5. The molecular weight excluding hydrogens is 366 g/mol. The number of anilines is 3. The number of ether oxygens (including phenoxy) is 1. The SMILES string of the molecule is CC(=O)Nc1cccc(NCC(=O)Nc2cccc(OCc3ccccc3)c2)c1. The number of amides is 2.